The van der Waals surface area contributed by atoms with Crippen LogP contribution in [-0.2, 0) is 9.59 Å². The number of piperidine rings is 1. The molecule has 1 amide bonds. The first-order chi connectivity index (χ1) is 7.65. The van der Waals surface area contributed by atoms with Crippen LogP contribution in [0, 0.1) is 0 Å². The third kappa shape index (κ3) is 3.81. The highest BCUT2D eigenvalue weighted by molar-refractivity contribution is 5.82. The number of rotatable bonds is 5. The third-order valence-electron chi connectivity index (χ3n) is 2.90. The van der Waals surface area contributed by atoms with Crippen molar-refractivity contribution in [1.29, 1.82) is 0 Å². The molecule has 0 radical (unpaired) electrons. The molecule has 5 heteroatoms. The van der Waals surface area contributed by atoms with Crippen molar-refractivity contribution in [2.45, 2.75) is 38.6 Å². The average Bonchev–Trinajstić information content (AvgIpc) is 2.30. The Kier molecular flexibility index (Phi) is 5.25. The largest absolute Gasteiger partial charge is 0.481 e. The summed E-state index contributed by atoms with van der Waals surface area (Å²) in [7, 11) is 0. The van der Waals surface area contributed by atoms with Gasteiger partial charge in [-0.1, -0.05) is 6.42 Å². The van der Waals surface area contributed by atoms with Crippen LogP contribution in [-0.4, -0.2) is 47.6 Å². The smallest absolute Gasteiger partial charge is 0.305 e. The maximum Gasteiger partial charge on any atom is 0.305 e. The van der Waals surface area contributed by atoms with E-state index in [-0.39, 0.29) is 18.4 Å². The fourth-order valence-corrected chi connectivity index (χ4v) is 1.94. The lowest BCUT2D eigenvalue weighted by atomic mass is 10.0. The number of carboxylic acid groups (broad SMARTS) is 1. The first-order valence-electron chi connectivity index (χ1n) is 5.89. The Labute approximate surface area is 95.8 Å². The van der Waals surface area contributed by atoms with Gasteiger partial charge in [0.15, 0.2) is 0 Å². The van der Waals surface area contributed by atoms with Gasteiger partial charge in [0.1, 0.15) is 0 Å². The molecule has 0 aromatic rings. The van der Waals surface area contributed by atoms with Gasteiger partial charge in [-0.15, -0.1) is 0 Å². The van der Waals surface area contributed by atoms with Gasteiger partial charge in [0.2, 0.25) is 5.91 Å². The number of aliphatic carboxylic acids is 1. The minimum absolute atomic E-state index is 0.0201. The molecule has 1 atom stereocenters. The van der Waals surface area contributed by atoms with E-state index in [9.17, 15) is 9.59 Å². The van der Waals surface area contributed by atoms with Crippen molar-refractivity contribution in [3.8, 4) is 0 Å². The van der Waals surface area contributed by atoms with E-state index in [2.05, 4.69) is 5.32 Å². The highest BCUT2D eigenvalue weighted by Gasteiger charge is 2.24. The van der Waals surface area contributed by atoms with Gasteiger partial charge in [-0.25, -0.2) is 0 Å². The molecule has 0 aromatic heterocycles. The highest BCUT2D eigenvalue weighted by atomic mass is 16.4. The van der Waals surface area contributed by atoms with Gasteiger partial charge in [0.25, 0.3) is 0 Å². The molecule has 1 saturated heterocycles. The summed E-state index contributed by atoms with van der Waals surface area (Å²) in [5, 5.41) is 11.8. The summed E-state index contributed by atoms with van der Waals surface area (Å²) >= 11 is 0. The molecule has 2 N–H and O–H groups in total. The van der Waals surface area contributed by atoms with Gasteiger partial charge in [0.05, 0.1) is 12.5 Å². The Balaban J connectivity index is 2.44. The van der Waals surface area contributed by atoms with Gasteiger partial charge in [-0.05, 0) is 26.3 Å². The molecule has 1 aliphatic heterocycles. The lowest BCUT2D eigenvalue weighted by Crippen LogP contribution is -2.49. The van der Waals surface area contributed by atoms with Crippen molar-refractivity contribution >= 4 is 11.9 Å². The van der Waals surface area contributed by atoms with E-state index < -0.39 is 5.97 Å². The minimum atomic E-state index is -0.858. The summed E-state index contributed by atoms with van der Waals surface area (Å²) in [6.45, 7) is 3.64. The second kappa shape index (κ2) is 6.48. The summed E-state index contributed by atoms with van der Waals surface area (Å²) in [4.78, 5) is 24.1. The molecule has 0 unspecified atom stereocenters. The topological polar surface area (TPSA) is 69.6 Å². The Morgan fingerprint density at radius 2 is 2.19 bits per heavy atom. The van der Waals surface area contributed by atoms with E-state index in [1.165, 1.54) is 0 Å². The summed E-state index contributed by atoms with van der Waals surface area (Å²) in [5.41, 5.74) is 0. The number of carbonyl (C=O) groups is 2. The molecule has 0 aromatic carbocycles. The van der Waals surface area contributed by atoms with Crippen LogP contribution < -0.4 is 5.32 Å². The van der Waals surface area contributed by atoms with Crippen LogP contribution in [0.4, 0.5) is 0 Å². The molecule has 0 bridgehead atoms. The second-order valence-electron chi connectivity index (χ2n) is 4.06. The number of nitrogens with zero attached hydrogens (tertiary/aromatic N) is 1. The predicted octanol–water partition coefficient (Wildman–Crippen LogP) is 0.452. The monoisotopic (exact) mass is 228 g/mol. The zero-order valence-electron chi connectivity index (χ0n) is 9.74. The molecular formula is C11H20N2O3. The van der Waals surface area contributed by atoms with Gasteiger partial charge < -0.3 is 15.3 Å². The standard InChI is InChI=1S/C11H20N2O3/c1-2-13(8-6-10(14)15)11(16)9-5-3-4-7-12-9/h9,12H,2-8H2,1H3,(H,14,15)/t9-/m1/s1. The molecule has 0 saturated carbocycles. The number of carboxylic acids is 1. The maximum atomic E-state index is 12.0. The lowest BCUT2D eigenvalue weighted by Gasteiger charge is -2.29. The van der Waals surface area contributed by atoms with Gasteiger partial charge in [0, 0.05) is 13.1 Å². The Morgan fingerprint density at radius 1 is 1.44 bits per heavy atom. The molecule has 0 aliphatic carbocycles. The summed E-state index contributed by atoms with van der Waals surface area (Å²) < 4.78 is 0. The van der Waals surface area contributed by atoms with E-state index in [1.54, 1.807) is 4.90 Å². The Morgan fingerprint density at radius 3 is 2.69 bits per heavy atom. The zero-order chi connectivity index (χ0) is 12.0. The van der Waals surface area contributed by atoms with Crippen LogP contribution in [0.15, 0.2) is 0 Å². The third-order valence-corrected chi connectivity index (χ3v) is 2.90. The Bertz CT molecular complexity index is 250. The van der Waals surface area contributed by atoms with Crippen LogP contribution in [0.25, 0.3) is 0 Å². The molecule has 1 fully saturated rings. The van der Waals surface area contributed by atoms with Crippen LogP contribution in [0.1, 0.15) is 32.6 Å². The molecule has 16 heavy (non-hydrogen) atoms. The predicted molar refractivity (Wildman–Crippen MR) is 60.1 cm³/mol. The van der Waals surface area contributed by atoms with Crippen LogP contribution in [0.2, 0.25) is 0 Å². The molecule has 0 spiro atoms. The fraction of sp³-hybridized carbons (Fsp3) is 0.818. The van der Waals surface area contributed by atoms with E-state index in [4.69, 9.17) is 5.11 Å². The summed E-state index contributed by atoms with van der Waals surface area (Å²) in [6, 6.07) is -0.109. The molecule has 1 heterocycles. The normalized spacial score (nSPS) is 20.4. The van der Waals surface area contributed by atoms with Gasteiger partial charge in [-0.3, -0.25) is 9.59 Å². The maximum absolute atomic E-state index is 12.0. The number of hydrogen-bond donors (Lipinski definition) is 2. The van der Waals surface area contributed by atoms with E-state index in [1.807, 2.05) is 6.92 Å². The zero-order valence-corrected chi connectivity index (χ0v) is 9.74. The van der Waals surface area contributed by atoms with Crippen LogP contribution >= 0.6 is 0 Å². The second-order valence-corrected chi connectivity index (χ2v) is 4.06. The van der Waals surface area contributed by atoms with Crippen molar-refractivity contribution in [3.63, 3.8) is 0 Å². The van der Waals surface area contributed by atoms with Crippen LogP contribution in [0.3, 0.4) is 0 Å². The molecule has 92 valence electrons. The van der Waals surface area contributed by atoms with Crippen molar-refractivity contribution in [3.05, 3.63) is 0 Å². The summed E-state index contributed by atoms with van der Waals surface area (Å²) in [6.07, 6.45) is 3.07. The first kappa shape index (κ1) is 13.0. The Hall–Kier alpha value is -1.10. The first-order valence-corrected chi connectivity index (χ1v) is 5.89. The molecular weight excluding hydrogens is 208 g/mol. The number of hydrogen-bond acceptors (Lipinski definition) is 3. The van der Waals surface area contributed by atoms with Crippen LogP contribution in [0.5, 0.6) is 0 Å². The number of amides is 1. The molecule has 1 aliphatic rings. The quantitative estimate of drug-likeness (QED) is 0.717. The fourth-order valence-electron chi connectivity index (χ4n) is 1.94. The number of nitrogens with one attached hydrogen (secondary N) is 1. The van der Waals surface area contributed by atoms with E-state index in [0.29, 0.717) is 13.1 Å². The number of carbonyl (C=O) groups excluding carboxylic acids is 1. The summed E-state index contributed by atoms with van der Waals surface area (Å²) in [5.74, 6) is -0.814. The van der Waals surface area contributed by atoms with Crippen molar-refractivity contribution in [2.24, 2.45) is 0 Å². The molecule has 1 rings (SSSR count). The number of likely N-dealkylation sites (N-methyl/N-ethyl adjacent to an activating group) is 1. The van der Waals surface area contributed by atoms with Gasteiger partial charge in [-0.2, -0.15) is 0 Å². The SMILES string of the molecule is CCN(CCC(=O)O)C(=O)[C@H]1CCCCN1. The lowest BCUT2D eigenvalue weighted by molar-refractivity contribution is -0.139. The van der Waals surface area contributed by atoms with Crippen molar-refractivity contribution in [1.82, 2.24) is 10.2 Å². The van der Waals surface area contributed by atoms with E-state index >= 15 is 0 Å². The van der Waals surface area contributed by atoms with Gasteiger partial charge >= 0.3 is 5.97 Å². The minimum Gasteiger partial charge on any atom is -0.481 e. The molecule has 5 nitrogen and oxygen atoms in total. The van der Waals surface area contributed by atoms with E-state index in [0.717, 1.165) is 25.8 Å². The highest BCUT2D eigenvalue weighted by Crippen LogP contribution is 2.10. The van der Waals surface area contributed by atoms with Crippen molar-refractivity contribution in [2.75, 3.05) is 19.6 Å². The van der Waals surface area contributed by atoms with Crippen molar-refractivity contribution < 1.29 is 14.7 Å². The average molecular weight is 228 g/mol.